The standard InChI is InChI=1S/C22H23N3O4/c1-4-17-20(15-7-5-6-8-18(15)28-17)21(26)23-14-9-10-19-16(13-14)25(22(27)29-19)12-11-24(2)3/h5-10,13H,4,11-12H2,1-3H3,(H,23,26). The van der Waals surface area contributed by atoms with Gasteiger partial charge in [-0.2, -0.15) is 0 Å². The van der Waals surface area contributed by atoms with Crippen LogP contribution in [0.15, 0.2) is 56.1 Å². The molecule has 0 unspecified atom stereocenters. The van der Waals surface area contributed by atoms with Crippen molar-refractivity contribution in [2.24, 2.45) is 0 Å². The average Bonchev–Trinajstić information content (AvgIpc) is 3.22. The Morgan fingerprint density at radius 2 is 1.90 bits per heavy atom. The van der Waals surface area contributed by atoms with Crippen LogP contribution in [-0.4, -0.2) is 36.0 Å². The van der Waals surface area contributed by atoms with Crippen molar-refractivity contribution in [3.63, 3.8) is 0 Å². The molecule has 7 nitrogen and oxygen atoms in total. The first-order chi connectivity index (χ1) is 14.0. The number of carbonyl (C=O) groups is 1. The van der Waals surface area contributed by atoms with Crippen LogP contribution in [0.2, 0.25) is 0 Å². The number of aryl methyl sites for hydroxylation is 1. The number of nitrogens with zero attached hydrogens (tertiary/aromatic N) is 2. The molecule has 0 radical (unpaired) electrons. The van der Waals surface area contributed by atoms with Crippen molar-refractivity contribution in [1.82, 2.24) is 9.47 Å². The van der Waals surface area contributed by atoms with Crippen molar-refractivity contribution in [3.05, 3.63) is 64.3 Å². The number of oxazole rings is 1. The third-order valence-electron chi connectivity index (χ3n) is 4.91. The molecule has 0 atom stereocenters. The number of hydrogen-bond acceptors (Lipinski definition) is 5. The highest BCUT2D eigenvalue weighted by molar-refractivity contribution is 6.13. The maximum Gasteiger partial charge on any atom is 0.419 e. The fourth-order valence-electron chi connectivity index (χ4n) is 3.44. The molecular formula is C22H23N3O4. The van der Waals surface area contributed by atoms with Gasteiger partial charge in [0.25, 0.3) is 5.91 Å². The van der Waals surface area contributed by atoms with Crippen molar-refractivity contribution in [1.29, 1.82) is 0 Å². The lowest BCUT2D eigenvalue weighted by atomic mass is 10.1. The zero-order chi connectivity index (χ0) is 20.5. The Morgan fingerprint density at radius 3 is 2.66 bits per heavy atom. The second-order valence-corrected chi connectivity index (χ2v) is 7.21. The number of nitrogens with one attached hydrogen (secondary N) is 1. The highest BCUT2D eigenvalue weighted by Gasteiger charge is 2.20. The van der Waals surface area contributed by atoms with E-state index in [1.54, 1.807) is 22.8 Å². The van der Waals surface area contributed by atoms with Crippen molar-refractivity contribution in [3.8, 4) is 0 Å². The Morgan fingerprint density at radius 1 is 1.10 bits per heavy atom. The second kappa shape index (κ2) is 7.60. The molecule has 150 valence electrons. The first-order valence-electron chi connectivity index (χ1n) is 9.57. The molecule has 7 heteroatoms. The number of likely N-dealkylation sites (N-methyl/N-ethyl adjacent to an activating group) is 1. The summed E-state index contributed by atoms with van der Waals surface area (Å²) in [5.41, 5.74) is 2.98. The van der Waals surface area contributed by atoms with E-state index in [0.717, 1.165) is 5.39 Å². The zero-order valence-corrected chi connectivity index (χ0v) is 16.7. The van der Waals surface area contributed by atoms with Crippen molar-refractivity contribution in [2.75, 3.05) is 26.0 Å². The molecule has 2 aromatic heterocycles. The molecule has 0 fully saturated rings. The van der Waals surface area contributed by atoms with Gasteiger partial charge in [0.15, 0.2) is 5.58 Å². The summed E-state index contributed by atoms with van der Waals surface area (Å²) < 4.78 is 12.7. The van der Waals surface area contributed by atoms with Gasteiger partial charge in [0.2, 0.25) is 0 Å². The van der Waals surface area contributed by atoms with Gasteiger partial charge in [0.05, 0.1) is 11.1 Å². The molecule has 29 heavy (non-hydrogen) atoms. The topological polar surface area (TPSA) is 80.6 Å². The van der Waals surface area contributed by atoms with Gasteiger partial charge in [-0.25, -0.2) is 4.79 Å². The number of benzene rings is 2. The van der Waals surface area contributed by atoms with E-state index in [4.69, 9.17) is 8.83 Å². The number of furan rings is 1. The van der Waals surface area contributed by atoms with E-state index < -0.39 is 5.76 Å². The Hall–Kier alpha value is -3.32. The van der Waals surface area contributed by atoms with Crippen LogP contribution in [0.5, 0.6) is 0 Å². The minimum atomic E-state index is -0.403. The van der Waals surface area contributed by atoms with Crippen LogP contribution >= 0.6 is 0 Å². The molecular weight excluding hydrogens is 370 g/mol. The van der Waals surface area contributed by atoms with Crippen LogP contribution in [0.3, 0.4) is 0 Å². The van der Waals surface area contributed by atoms with Gasteiger partial charge in [-0.1, -0.05) is 25.1 Å². The van der Waals surface area contributed by atoms with Gasteiger partial charge in [0, 0.05) is 30.6 Å². The summed E-state index contributed by atoms with van der Waals surface area (Å²) in [5, 5.41) is 3.72. The first-order valence-corrected chi connectivity index (χ1v) is 9.57. The quantitative estimate of drug-likeness (QED) is 0.540. The summed E-state index contributed by atoms with van der Waals surface area (Å²) >= 11 is 0. The SMILES string of the molecule is CCc1oc2ccccc2c1C(=O)Nc1ccc2oc(=O)n(CCN(C)C)c2c1. The third kappa shape index (κ3) is 3.56. The average molecular weight is 393 g/mol. The molecule has 0 spiro atoms. The maximum absolute atomic E-state index is 13.0. The Bertz CT molecular complexity index is 1250. The van der Waals surface area contributed by atoms with E-state index in [1.807, 2.05) is 50.2 Å². The summed E-state index contributed by atoms with van der Waals surface area (Å²) in [6, 6.07) is 12.7. The molecule has 4 rings (SSSR count). The smallest absolute Gasteiger partial charge is 0.419 e. The van der Waals surface area contributed by atoms with E-state index in [2.05, 4.69) is 5.32 Å². The zero-order valence-electron chi connectivity index (χ0n) is 16.7. The van der Waals surface area contributed by atoms with Crippen LogP contribution < -0.4 is 11.1 Å². The molecule has 2 aromatic carbocycles. The van der Waals surface area contributed by atoms with Gasteiger partial charge in [-0.05, 0) is 38.4 Å². The molecule has 0 aliphatic carbocycles. The van der Waals surface area contributed by atoms with Crippen LogP contribution in [0, 0.1) is 0 Å². The van der Waals surface area contributed by atoms with E-state index in [-0.39, 0.29) is 5.91 Å². The van der Waals surface area contributed by atoms with E-state index >= 15 is 0 Å². The number of para-hydroxylation sites is 1. The van der Waals surface area contributed by atoms with E-state index in [9.17, 15) is 9.59 Å². The predicted molar refractivity (Wildman–Crippen MR) is 113 cm³/mol. The van der Waals surface area contributed by atoms with Crippen LogP contribution in [-0.2, 0) is 13.0 Å². The third-order valence-corrected chi connectivity index (χ3v) is 4.91. The number of rotatable bonds is 6. The number of carbonyl (C=O) groups excluding carboxylic acids is 1. The molecule has 0 saturated carbocycles. The van der Waals surface area contributed by atoms with Crippen LogP contribution in [0.1, 0.15) is 23.0 Å². The van der Waals surface area contributed by atoms with Gasteiger partial charge in [-0.3, -0.25) is 9.36 Å². The van der Waals surface area contributed by atoms with E-state index in [1.165, 1.54) is 0 Å². The van der Waals surface area contributed by atoms with Gasteiger partial charge in [-0.15, -0.1) is 0 Å². The highest BCUT2D eigenvalue weighted by Crippen LogP contribution is 2.27. The molecule has 4 aromatic rings. The summed E-state index contributed by atoms with van der Waals surface area (Å²) in [5.74, 6) is 0.00670. The van der Waals surface area contributed by atoms with Crippen LogP contribution in [0.25, 0.3) is 22.1 Å². The molecule has 1 N–H and O–H groups in total. The Labute approximate surface area is 167 Å². The molecule has 0 aliphatic rings. The summed E-state index contributed by atoms with van der Waals surface area (Å²) in [7, 11) is 3.89. The lowest BCUT2D eigenvalue weighted by Crippen LogP contribution is -2.23. The monoisotopic (exact) mass is 393 g/mol. The van der Waals surface area contributed by atoms with Crippen molar-refractivity contribution < 1.29 is 13.6 Å². The van der Waals surface area contributed by atoms with E-state index in [0.29, 0.717) is 53.2 Å². The summed E-state index contributed by atoms with van der Waals surface area (Å²) in [6.45, 7) is 3.16. The number of amides is 1. The first kappa shape index (κ1) is 19.0. The molecule has 1 amide bonds. The van der Waals surface area contributed by atoms with Crippen molar-refractivity contribution >= 4 is 33.7 Å². The minimum absolute atomic E-state index is 0.239. The lowest BCUT2D eigenvalue weighted by Gasteiger charge is -2.10. The fourth-order valence-corrected chi connectivity index (χ4v) is 3.44. The molecule has 0 saturated heterocycles. The molecule has 2 heterocycles. The largest absolute Gasteiger partial charge is 0.460 e. The number of fused-ring (bicyclic) bond motifs is 2. The van der Waals surface area contributed by atoms with Gasteiger partial charge < -0.3 is 19.1 Å². The Kier molecular flexibility index (Phi) is 4.98. The van der Waals surface area contributed by atoms with Gasteiger partial charge in [0.1, 0.15) is 11.3 Å². The minimum Gasteiger partial charge on any atom is -0.460 e. The van der Waals surface area contributed by atoms with Crippen LogP contribution in [0.4, 0.5) is 5.69 Å². The maximum atomic E-state index is 13.0. The fraction of sp³-hybridized carbons (Fsp3) is 0.273. The molecule has 0 bridgehead atoms. The lowest BCUT2D eigenvalue weighted by molar-refractivity contribution is 0.102. The number of aromatic nitrogens is 1. The summed E-state index contributed by atoms with van der Waals surface area (Å²) in [4.78, 5) is 27.2. The molecule has 0 aliphatic heterocycles. The number of anilines is 1. The summed E-state index contributed by atoms with van der Waals surface area (Å²) in [6.07, 6.45) is 0.613. The second-order valence-electron chi connectivity index (χ2n) is 7.21. The predicted octanol–water partition coefficient (Wildman–Crippen LogP) is 3.72. The number of hydrogen-bond donors (Lipinski definition) is 1. The highest BCUT2D eigenvalue weighted by atomic mass is 16.4. The van der Waals surface area contributed by atoms with Crippen molar-refractivity contribution in [2.45, 2.75) is 19.9 Å². The Balaban J connectivity index is 1.68. The normalized spacial score (nSPS) is 11.6. The van der Waals surface area contributed by atoms with Gasteiger partial charge >= 0.3 is 5.76 Å².